The number of fused-ring (bicyclic) bond motifs is 18. The Balaban J connectivity index is 0.000000108. The summed E-state index contributed by atoms with van der Waals surface area (Å²) in [6.07, 6.45) is 0. The molecule has 0 aliphatic rings. The Morgan fingerprint density at radius 3 is 0.647 bits per heavy atom. The van der Waals surface area contributed by atoms with E-state index in [-0.39, 0.29) is 0 Å². The maximum atomic E-state index is 2.49. The standard InChI is InChI=1S/3C48H32N2/c1-4-14-33(15-5-1)36-20-12-22-39(28-36)49-45-25-11-10-24-41(45)43-31-44-42-30-38(35-18-8-3-9-19-35)26-27-46(42)50(48(44)32-47(43)49)40-23-13-21-37(29-40)34-16-6-2-7-17-34;1-4-14-33(15-5-1)35-26-28-38(29-27-35)49-45-25-11-10-22-41(45)43-31-44-42-24-13-23-40(36-18-8-3-9-19-36)48(42)50(47(44)32-46(43)49)39-21-12-20-37(30-39)34-16-6-2-7-17-34;1-4-12-33(13-5-1)36-20-25-39(26-21-36)49-45-19-11-10-18-41(45)43-31-44-42-29-24-38(35-16-8-3-9-17-35)30-46(42)50(48(44)32-47(43)49)40-27-22-37(23-28-40)34-14-6-2-7-15-34/h3*1-32H. The van der Waals surface area contributed by atoms with E-state index < -0.39 is 0 Å². The molecule has 150 heavy (non-hydrogen) atoms. The lowest BCUT2D eigenvalue weighted by atomic mass is 10.0. The summed E-state index contributed by atoms with van der Waals surface area (Å²) in [5.41, 5.74) is 43.1. The van der Waals surface area contributed by atoms with Crippen LogP contribution >= 0.6 is 0 Å². The van der Waals surface area contributed by atoms with Gasteiger partial charge in [0.1, 0.15) is 0 Å². The summed E-state index contributed by atoms with van der Waals surface area (Å²) in [4.78, 5) is 0. The number of rotatable bonds is 15. The normalized spacial score (nSPS) is 11.6. The molecule has 0 spiro atoms. The molecule has 30 rings (SSSR count). The van der Waals surface area contributed by atoms with Gasteiger partial charge in [-0.15, -0.1) is 0 Å². The van der Waals surface area contributed by atoms with Crippen LogP contribution in [0.2, 0.25) is 0 Å². The molecule has 0 radical (unpaired) electrons. The van der Waals surface area contributed by atoms with Crippen molar-refractivity contribution >= 4 is 131 Å². The number of para-hydroxylation sites is 4. The van der Waals surface area contributed by atoms with Gasteiger partial charge in [0.2, 0.25) is 0 Å². The fourth-order valence-electron chi connectivity index (χ4n) is 23.3. The fraction of sp³-hybridized carbons (Fsp3) is 0. The minimum Gasteiger partial charge on any atom is -0.309 e. The monoisotopic (exact) mass is 1910 g/mol. The second-order valence-electron chi connectivity index (χ2n) is 39.0. The molecule has 0 atom stereocenters. The summed E-state index contributed by atoms with van der Waals surface area (Å²) in [7, 11) is 0. The molecule has 0 unspecified atom stereocenters. The predicted molar refractivity (Wildman–Crippen MR) is 634 cm³/mol. The van der Waals surface area contributed by atoms with Crippen LogP contribution in [-0.4, -0.2) is 27.4 Å². The molecule has 6 heteroatoms. The van der Waals surface area contributed by atoms with Crippen LogP contribution in [0.15, 0.2) is 582 Å². The summed E-state index contributed by atoms with van der Waals surface area (Å²) in [5.74, 6) is 0. The highest BCUT2D eigenvalue weighted by Crippen LogP contribution is 2.49. The van der Waals surface area contributed by atoms with Crippen molar-refractivity contribution in [3.63, 3.8) is 0 Å². The van der Waals surface area contributed by atoms with Gasteiger partial charge in [-0.25, -0.2) is 0 Å². The third-order valence-corrected chi connectivity index (χ3v) is 30.3. The van der Waals surface area contributed by atoms with Gasteiger partial charge in [-0.1, -0.05) is 437 Å². The lowest BCUT2D eigenvalue weighted by molar-refractivity contribution is 1.16. The average molecular weight is 1910 g/mol. The van der Waals surface area contributed by atoms with Gasteiger partial charge in [0, 0.05) is 104 Å². The number of aromatic nitrogens is 6. The second-order valence-corrected chi connectivity index (χ2v) is 39.0. The molecule has 702 valence electrons. The maximum absolute atomic E-state index is 2.49. The first-order chi connectivity index (χ1) is 74.4. The van der Waals surface area contributed by atoms with Crippen LogP contribution < -0.4 is 0 Å². The molecule has 0 aliphatic carbocycles. The SMILES string of the molecule is c1ccc(-c2ccc(-n3c4ccccc4c4cc5c6ccc(-c7ccccc7)cc6n(-c6ccc(-c7ccccc7)cc6)c5cc43)cc2)cc1.c1ccc(-c2ccc(-n3c4ccccc4c4cc5c6cccc(-c7ccccc7)c6n(-c6cccc(-c7ccccc7)c6)c5cc43)cc2)cc1.c1ccc(-c2cccc(-n3c4ccccc4c4cc5c6cc(-c7ccccc7)ccc6n(-c6cccc(-c7ccccc7)c6)c5cc43)c2)cc1. The molecule has 0 amide bonds. The molecule has 6 heterocycles. The molecule has 24 aromatic carbocycles. The molecule has 30 aromatic rings. The average Bonchev–Trinajstić information content (AvgIpc) is 1.55. The molecule has 0 saturated heterocycles. The van der Waals surface area contributed by atoms with Crippen molar-refractivity contribution in [1.82, 2.24) is 27.4 Å². The lowest BCUT2D eigenvalue weighted by Crippen LogP contribution is -1.97. The maximum Gasteiger partial charge on any atom is 0.0619 e. The van der Waals surface area contributed by atoms with Crippen LogP contribution in [0.1, 0.15) is 0 Å². The van der Waals surface area contributed by atoms with Gasteiger partial charge >= 0.3 is 0 Å². The zero-order chi connectivity index (χ0) is 99.1. The molecule has 6 nitrogen and oxygen atoms in total. The van der Waals surface area contributed by atoms with E-state index in [1.807, 2.05) is 0 Å². The summed E-state index contributed by atoms with van der Waals surface area (Å²) < 4.78 is 14.7. The van der Waals surface area contributed by atoms with Gasteiger partial charge in [-0.2, -0.15) is 0 Å². The van der Waals surface area contributed by atoms with Crippen LogP contribution in [0.5, 0.6) is 0 Å². The van der Waals surface area contributed by atoms with Crippen molar-refractivity contribution < 1.29 is 0 Å². The molecular formula is C144H96N6. The van der Waals surface area contributed by atoms with Gasteiger partial charge in [-0.05, 0) is 240 Å². The van der Waals surface area contributed by atoms with Crippen molar-refractivity contribution in [2.45, 2.75) is 0 Å². The Morgan fingerprint density at radius 2 is 0.293 bits per heavy atom. The second kappa shape index (κ2) is 37.4. The Morgan fingerprint density at radius 1 is 0.0867 bits per heavy atom. The zero-order valence-electron chi connectivity index (χ0n) is 82.1. The molecule has 0 saturated carbocycles. The van der Waals surface area contributed by atoms with E-state index in [1.165, 1.54) is 231 Å². The first-order valence-corrected chi connectivity index (χ1v) is 51.6. The number of benzene rings is 24. The van der Waals surface area contributed by atoms with Crippen molar-refractivity contribution in [3.05, 3.63) is 582 Å². The summed E-state index contributed by atoms with van der Waals surface area (Å²) in [5, 5.41) is 15.0. The zero-order valence-corrected chi connectivity index (χ0v) is 82.1. The summed E-state index contributed by atoms with van der Waals surface area (Å²) in [6, 6.07) is 211. The third kappa shape index (κ3) is 15.5. The van der Waals surface area contributed by atoms with Crippen molar-refractivity contribution in [3.8, 4) is 134 Å². The molecular weight excluding hydrogens is 1810 g/mol. The van der Waals surface area contributed by atoms with E-state index in [0.29, 0.717) is 0 Å². The van der Waals surface area contributed by atoms with Crippen LogP contribution in [0.3, 0.4) is 0 Å². The molecule has 0 aliphatic heterocycles. The summed E-state index contributed by atoms with van der Waals surface area (Å²) in [6.45, 7) is 0. The Bertz CT molecular complexity index is 10400. The fourth-order valence-corrected chi connectivity index (χ4v) is 23.3. The minimum absolute atomic E-state index is 1.14. The smallest absolute Gasteiger partial charge is 0.0619 e. The predicted octanol–water partition coefficient (Wildman–Crippen LogP) is 38.6. The quantitative estimate of drug-likeness (QED) is 0.0979. The molecule has 6 aromatic heterocycles. The lowest BCUT2D eigenvalue weighted by Gasteiger charge is -2.14. The van der Waals surface area contributed by atoms with Crippen LogP contribution in [0.4, 0.5) is 0 Å². The Labute approximate surface area is 868 Å². The van der Waals surface area contributed by atoms with Gasteiger partial charge in [0.05, 0.1) is 66.2 Å². The minimum atomic E-state index is 1.14. The number of hydrogen-bond acceptors (Lipinski definition) is 0. The largest absolute Gasteiger partial charge is 0.309 e. The number of hydrogen-bond donors (Lipinski definition) is 0. The highest BCUT2D eigenvalue weighted by atomic mass is 15.0. The molecule has 0 N–H and O–H groups in total. The van der Waals surface area contributed by atoms with Crippen LogP contribution in [-0.2, 0) is 0 Å². The topological polar surface area (TPSA) is 29.6 Å². The van der Waals surface area contributed by atoms with Crippen molar-refractivity contribution in [1.29, 1.82) is 0 Å². The van der Waals surface area contributed by atoms with Gasteiger partial charge in [0.15, 0.2) is 0 Å². The Hall–Kier alpha value is -19.9. The molecule has 0 bridgehead atoms. The van der Waals surface area contributed by atoms with Crippen molar-refractivity contribution in [2.75, 3.05) is 0 Å². The van der Waals surface area contributed by atoms with E-state index in [9.17, 15) is 0 Å². The highest BCUT2D eigenvalue weighted by molar-refractivity contribution is 6.24. The van der Waals surface area contributed by atoms with Gasteiger partial charge in [-0.3, -0.25) is 0 Å². The van der Waals surface area contributed by atoms with E-state index in [4.69, 9.17) is 0 Å². The van der Waals surface area contributed by atoms with E-state index >= 15 is 0 Å². The van der Waals surface area contributed by atoms with Crippen molar-refractivity contribution in [2.24, 2.45) is 0 Å². The van der Waals surface area contributed by atoms with Crippen LogP contribution in [0.25, 0.3) is 265 Å². The van der Waals surface area contributed by atoms with Gasteiger partial charge < -0.3 is 27.4 Å². The Kier molecular flexibility index (Phi) is 21.9. The first-order valence-electron chi connectivity index (χ1n) is 51.6. The third-order valence-electron chi connectivity index (χ3n) is 30.3. The van der Waals surface area contributed by atoms with Crippen LogP contribution in [0, 0.1) is 0 Å². The van der Waals surface area contributed by atoms with Gasteiger partial charge in [0.25, 0.3) is 0 Å². The van der Waals surface area contributed by atoms with E-state index in [0.717, 1.165) is 34.1 Å². The summed E-state index contributed by atoms with van der Waals surface area (Å²) >= 11 is 0. The first kappa shape index (κ1) is 87.8. The highest BCUT2D eigenvalue weighted by Gasteiger charge is 2.27. The van der Waals surface area contributed by atoms with E-state index in [1.54, 1.807) is 0 Å². The molecule has 0 fully saturated rings. The van der Waals surface area contributed by atoms with E-state index in [2.05, 4.69) is 610 Å². The number of nitrogens with zero attached hydrogens (tertiary/aromatic N) is 6.